The Balaban J connectivity index is 1.11. The zero-order chi connectivity index (χ0) is 34.1. The fourth-order valence-corrected chi connectivity index (χ4v) is 10.8. The molecule has 0 saturated heterocycles. The van der Waals surface area contributed by atoms with Crippen LogP contribution in [0.4, 0.5) is 0 Å². The first-order chi connectivity index (χ1) is 25.0. The minimum absolute atomic E-state index is 0.170. The van der Waals surface area contributed by atoms with E-state index in [0.29, 0.717) is 11.8 Å². The van der Waals surface area contributed by atoms with Crippen LogP contribution in [0, 0.1) is 11.8 Å². The molecule has 1 saturated carbocycles. The molecule has 0 heterocycles. The van der Waals surface area contributed by atoms with Gasteiger partial charge < -0.3 is 0 Å². The lowest BCUT2D eigenvalue weighted by molar-refractivity contribution is 0.661. The molecule has 6 aliphatic rings. The fourth-order valence-electron chi connectivity index (χ4n) is 10.8. The Morgan fingerprint density at radius 2 is 1.35 bits per heavy atom. The van der Waals surface area contributed by atoms with E-state index in [-0.39, 0.29) is 10.8 Å². The van der Waals surface area contributed by atoms with Gasteiger partial charge in [-0.05, 0) is 132 Å². The van der Waals surface area contributed by atoms with Gasteiger partial charge >= 0.3 is 0 Å². The third-order valence-corrected chi connectivity index (χ3v) is 12.9. The van der Waals surface area contributed by atoms with E-state index in [0.717, 1.165) is 6.42 Å². The Morgan fingerprint density at radius 3 is 2.14 bits per heavy atom. The second-order valence-corrected chi connectivity index (χ2v) is 15.8. The van der Waals surface area contributed by atoms with E-state index < -0.39 is 0 Å². The Labute approximate surface area is 300 Å². The summed E-state index contributed by atoms with van der Waals surface area (Å²) < 4.78 is 0. The van der Waals surface area contributed by atoms with Gasteiger partial charge in [-0.2, -0.15) is 0 Å². The summed E-state index contributed by atoms with van der Waals surface area (Å²) in [5.41, 5.74) is 18.2. The monoisotopic (exact) mass is 652 g/mol. The zero-order valence-corrected chi connectivity index (χ0v) is 29.5. The molecule has 0 amide bonds. The summed E-state index contributed by atoms with van der Waals surface area (Å²) in [4.78, 5) is 0. The number of benzene rings is 5. The van der Waals surface area contributed by atoms with Crippen LogP contribution in [-0.4, -0.2) is 0 Å². The maximum absolute atomic E-state index is 2.56. The summed E-state index contributed by atoms with van der Waals surface area (Å²) in [5.74, 6) is 1.29. The molecule has 3 unspecified atom stereocenters. The van der Waals surface area contributed by atoms with Crippen LogP contribution in [0.3, 0.4) is 0 Å². The molecular formula is C51H40. The predicted octanol–water partition coefficient (Wildman–Crippen LogP) is 12.8. The zero-order valence-electron chi connectivity index (χ0n) is 29.5. The molecule has 3 atom stereocenters. The molecular weight excluding hydrogens is 613 g/mol. The molecule has 1 spiro atoms. The highest BCUT2D eigenvalue weighted by molar-refractivity contribution is 6.17. The topological polar surface area (TPSA) is 0 Å². The van der Waals surface area contributed by atoms with Crippen LogP contribution < -0.4 is 0 Å². The van der Waals surface area contributed by atoms with Crippen LogP contribution in [0.2, 0.25) is 0 Å². The van der Waals surface area contributed by atoms with Gasteiger partial charge in [-0.15, -0.1) is 0 Å². The van der Waals surface area contributed by atoms with Crippen molar-refractivity contribution in [3.05, 3.63) is 207 Å². The van der Waals surface area contributed by atoms with E-state index in [4.69, 9.17) is 0 Å². The molecule has 11 rings (SSSR count). The number of allylic oxidation sites excluding steroid dienone is 16. The molecule has 5 aromatic carbocycles. The minimum atomic E-state index is -0.244. The molecule has 51 heavy (non-hydrogen) atoms. The van der Waals surface area contributed by atoms with Gasteiger partial charge in [-0.3, -0.25) is 0 Å². The summed E-state index contributed by atoms with van der Waals surface area (Å²) in [6.07, 6.45) is 24.1. The summed E-state index contributed by atoms with van der Waals surface area (Å²) >= 11 is 0. The van der Waals surface area contributed by atoms with E-state index in [1.807, 2.05) is 0 Å². The quantitative estimate of drug-likeness (QED) is 0.170. The Morgan fingerprint density at radius 1 is 0.686 bits per heavy atom. The van der Waals surface area contributed by atoms with Crippen molar-refractivity contribution in [3.8, 4) is 0 Å². The summed E-state index contributed by atoms with van der Waals surface area (Å²) in [5, 5.41) is 5.37. The van der Waals surface area contributed by atoms with E-state index in [2.05, 4.69) is 173 Å². The van der Waals surface area contributed by atoms with Crippen molar-refractivity contribution >= 4 is 38.3 Å². The largest absolute Gasteiger partial charge is 0.0870 e. The second-order valence-electron chi connectivity index (χ2n) is 15.8. The molecule has 0 radical (unpaired) electrons. The number of fused-ring (bicyclic) bond motifs is 17. The van der Waals surface area contributed by atoms with E-state index >= 15 is 0 Å². The van der Waals surface area contributed by atoms with Crippen molar-refractivity contribution in [1.29, 1.82) is 0 Å². The van der Waals surface area contributed by atoms with Gasteiger partial charge in [0.05, 0.1) is 5.41 Å². The minimum Gasteiger partial charge on any atom is -0.0870 e. The first-order valence-corrected chi connectivity index (χ1v) is 18.8. The Bertz CT molecular complexity index is 2670. The van der Waals surface area contributed by atoms with Crippen LogP contribution in [0.25, 0.3) is 38.3 Å². The molecule has 0 aliphatic heterocycles. The van der Waals surface area contributed by atoms with E-state index in [9.17, 15) is 0 Å². The van der Waals surface area contributed by atoms with E-state index in [1.54, 1.807) is 5.57 Å². The van der Waals surface area contributed by atoms with Gasteiger partial charge in [0.1, 0.15) is 0 Å². The Hall–Kier alpha value is -5.46. The average molecular weight is 653 g/mol. The molecule has 1 fully saturated rings. The van der Waals surface area contributed by atoms with Crippen molar-refractivity contribution in [1.82, 2.24) is 0 Å². The van der Waals surface area contributed by atoms with Crippen molar-refractivity contribution in [2.45, 2.75) is 44.4 Å². The van der Waals surface area contributed by atoms with Gasteiger partial charge in [-0.1, -0.05) is 160 Å². The van der Waals surface area contributed by atoms with Crippen molar-refractivity contribution < 1.29 is 0 Å². The van der Waals surface area contributed by atoms with Crippen molar-refractivity contribution in [2.24, 2.45) is 11.8 Å². The van der Waals surface area contributed by atoms with Gasteiger partial charge in [-0.25, -0.2) is 0 Å². The molecule has 0 nitrogen and oxygen atoms in total. The van der Waals surface area contributed by atoms with Crippen LogP contribution in [0.5, 0.6) is 0 Å². The normalized spacial score (nSPS) is 24.8. The highest BCUT2D eigenvalue weighted by Crippen LogP contribution is 2.70. The summed E-state index contributed by atoms with van der Waals surface area (Å²) in [6.45, 7) is 7.01. The number of hydrogen-bond acceptors (Lipinski definition) is 0. The SMILES string of the molecule is C/C=C\C1=C(/C=C/C2=CCC=C3C(=C2)C2(C4=C(C=CC5CC45)c4ccccc42)c2ccccc23)C(C)(C)c2c1c1ccccc1c1ccccc21. The summed E-state index contributed by atoms with van der Waals surface area (Å²) in [6, 6.07) is 36.6. The van der Waals surface area contributed by atoms with Crippen molar-refractivity contribution in [3.63, 3.8) is 0 Å². The van der Waals surface area contributed by atoms with Gasteiger partial charge in [0.25, 0.3) is 0 Å². The van der Waals surface area contributed by atoms with Gasteiger partial charge in [0, 0.05) is 5.41 Å². The highest BCUT2D eigenvalue weighted by Gasteiger charge is 2.60. The van der Waals surface area contributed by atoms with E-state index in [1.165, 1.54) is 94.8 Å². The lowest BCUT2D eigenvalue weighted by atomic mass is 9.67. The first-order valence-electron chi connectivity index (χ1n) is 18.8. The van der Waals surface area contributed by atoms with Crippen LogP contribution >= 0.6 is 0 Å². The molecule has 244 valence electrons. The smallest absolute Gasteiger partial charge is 0.0691 e. The van der Waals surface area contributed by atoms with Crippen LogP contribution in [0.1, 0.15) is 67.0 Å². The molecule has 0 aromatic heterocycles. The molecule has 6 aliphatic carbocycles. The maximum atomic E-state index is 2.56. The van der Waals surface area contributed by atoms with Gasteiger partial charge in [0.2, 0.25) is 0 Å². The van der Waals surface area contributed by atoms with Crippen molar-refractivity contribution in [2.75, 3.05) is 0 Å². The fraction of sp³-hybridized carbons (Fsp3) is 0.176. The highest BCUT2D eigenvalue weighted by atomic mass is 14.6. The number of rotatable bonds is 3. The first kappa shape index (κ1) is 29.3. The number of hydrogen-bond donors (Lipinski definition) is 0. The molecule has 0 N–H and O–H groups in total. The Kier molecular flexibility index (Phi) is 5.92. The molecule has 0 bridgehead atoms. The van der Waals surface area contributed by atoms with Gasteiger partial charge in [0.15, 0.2) is 0 Å². The predicted molar refractivity (Wildman–Crippen MR) is 215 cm³/mol. The van der Waals surface area contributed by atoms with Crippen LogP contribution in [-0.2, 0) is 10.8 Å². The molecule has 5 aromatic rings. The lowest BCUT2D eigenvalue weighted by Gasteiger charge is -2.34. The maximum Gasteiger partial charge on any atom is 0.0691 e. The third kappa shape index (κ3) is 3.70. The second kappa shape index (κ2) is 10.3. The molecule has 0 heteroatoms. The standard InChI is InChI=1S/C51H40/c1-4-14-41-43(50(2,3)49-39-21-8-6-17-34(39)33-16-5-7-20-38(33)47(41)49)28-25-31-15-13-22-36-35-18-9-11-23-44(35)51(46(36)29-31)45-24-12-10-19-37(45)40-27-26-32-30-42(32)48(40)51/h4-12,14-29,32,42H,13,30H2,1-3H3/b14-4-,28-25+. The third-order valence-electron chi connectivity index (χ3n) is 12.9. The van der Waals surface area contributed by atoms with Crippen LogP contribution in [0.15, 0.2) is 174 Å². The average Bonchev–Trinajstić information content (AvgIpc) is 3.83. The summed E-state index contributed by atoms with van der Waals surface area (Å²) in [7, 11) is 0. The lowest BCUT2D eigenvalue weighted by Crippen LogP contribution is -2.29.